The minimum absolute atomic E-state index is 0.182. The van der Waals surface area contributed by atoms with Gasteiger partial charge in [-0.05, 0) is 30.7 Å². The van der Waals surface area contributed by atoms with Gasteiger partial charge in [0.2, 0.25) is 0 Å². The number of nitrogens with one attached hydrogen (secondary N) is 1. The molecule has 0 atom stereocenters. The molecule has 7 heteroatoms. The summed E-state index contributed by atoms with van der Waals surface area (Å²) < 4.78 is 5.33. The van der Waals surface area contributed by atoms with Crippen molar-refractivity contribution in [2.45, 2.75) is 13.5 Å². The first-order valence-electron chi connectivity index (χ1n) is 7.47. The lowest BCUT2D eigenvalue weighted by Crippen LogP contribution is -2.35. The minimum atomic E-state index is -0.233. The topological polar surface area (TPSA) is 74.7 Å². The van der Waals surface area contributed by atoms with E-state index in [2.05, 4.69) is 15.2 Å². The second-order valence-electron chi connectivity index (χ2n) is 5.47. The smallest absolute Gasteiger partial charge is 0.275 e. The summed E-state index contributed by atoms with van der Waals surface area (Å²) in [5.41, 5.74) is 1.91. The second-order valence-corrected chi connectivity index (χ2v) is 6.41. The van der Waals surface area contributed by atoms with E-state index in [9.17, 15) is 9.90 Å². The summed E-state index contributed by atoms with van der Waals surface area (Å²) in [5.74, 6) is -0.0507. The fourth-order valence-electron chi connectivity index (χ4n) is 2.41. The van der Waals surface area contributed by atoms with Gasteiger partial charge in [0.15, 0.2) is 0 Å². The zero-order chi connectivity index (χ0) is 16.2. The van der Waals surface area contributed by atoms with Crippen LogP contribution >= 0.6 is 11.3 Å². The number of phenols is 1. The molecule has 1 aliphatic rings. The highest BCUT2D eigenvalue weighted by Crippen LogP contribution is 2.21. The van der Waals surface area contributed by atoms with Crippen molar-refractivity contribution in [2.24, 2.45) is 0 Å². The van der Waals surface area contributed by atoms with Gasteiger partial charge in [-0.1, -0.05) is 0 Å². The van der Waals surface area contributed by atoms with Crippen LogP contribution in [-0.4, -0.2) is 47.2 Å². The molecule has 0 unspecified atom stereocenters. The number of rotatable bonds is 4. The Kier molecular flexibility index (Phi) is 4.90. The average Bonchev–Trinajstić information content (AvgIpc) is 3.00. The Labute approximate surface area is 138 Å². The Morgan fingerprint density at radius 2 is 2.22 bits per heavy atom. The number of anilines is 1. The molecule has 2 N–H and O–H groups in total. The summed E-state index contributed by atoms with van der Waals surface area (Å²) in [5, 5.41) is 15.0. The van der Waals surface area contributed by atoms with E-state index in [-0.39, 0.29) is 11.7 Å². The van der Waals surface area contributed by atoms with Crippen molar-refractivity contribution in [1.29, 1.82) is 0 Å². The highest BCUT2D eigenvalue weighted by Gasteiger charge is 2.16. The lowest BCUT2D eigenvalue weighted by Gasteiger charge is -2.25. The number of ether oxygens (including phenoxy) is 1. The van der Waals surface area contributed by atoms with Gasteiger partial charge in [0.05, 0.1) is 19.8 Å². The summed E-state index contributed by atoms with van der Waals surface area (Å²) >= 11 is 1.49. The first-order valence-corrected chi connectivity index (χ1v) is 8.35. The van der Waals surface area contributed by atoms with E-state index in [0.29, 0.717) is 11.4 Å². The molecule has 0 bridgehead atoms. The molecular weight excluding hydrogens is 314 g/mol. The Bertz CT molecular complexity index is 696. The summed E-state index contributed by atoms with van der Waals surface area (Å²) in [6.07, 6.45) is 0. The number of benzene rings is 1. The van der Waals surface area contributed by atoms with E-state index in [1.807, 2.05) is 6.92 Å². The monoisotopic (exact) mass is 333 g/mol. The van der Waals surface area contributed by atoms with Crippen molar-refractivity contribution in [1.82, 2.24) is 9.88 Å². The Morgan fingerprint density at radius 1 is 1.43 bits per heavy atom. The molecular formula is C16H19N3O3S. The van der Waals surface area contributed by atoms with Crippen LogP contribution in [0.2, 0.25) is 0 Å². The summed E-state index contributed by atoms with van der Waals surface area (Å²) in [6, 6.07) is 4.84. The van der Waals surface area contributed by atoms with Crippen LogP contribution in [0.4, 0.5) is 5.69 Å². The molecule has 1 aromatic carbocycles. The van der Waals surface area contributed by atoms with E-state index < -0.39 is 0 Å². The zero-order valence-electron chi connectivity index (χ0n) is 12.9. The first-order chi connectivity index (χ1) is 11.1. The van der Waals surface area contributed by atoms with E-state index in [0.717, 1.165) is 43.4 Å². The van der Waals surface area contributed by atoms with Crippen LogP contribution in [0.5, 0.6) is 5.75 Å². The summed E-state index contributed by atoms with van der Waals surface area (Å²) in [7, 11) is 0. The number of hydrogen-bond acceptors (Lipinski definition) is 6. The standard InChI is InChI=1S/C16H19N3O3S/c1-11-8-12(20)2-3-13(11)18-16(21)14-10-23-15(17-14)9-19-4-6-22-7-5-19/h2-3,8,10,20H,4-7,9H2,1H3,(H,18,21). The Balaban J connectivity index is 1.63. The highest BCUT2D eigenvalue weighted by atomic mass is 32.1. The fourth-order valence-corrected chi connectivity index (χ4v) is 3.23. The number of morpholine rings is 1. The van der Waals surface area contributed by atoms with Crippen LogP contribution in [0.15, 0.2) is 23.6 Å². The van der Waals surface area contributed by atoms with Crippen molar-refractivity contribution >= 4 is 22.9 Å². The van der Waals surface area contributed by atoms with Crippen LogP contribution in [0, 0.1) is 6.92 Å². The third-order valence-electron chi connectivity index (χ3n) is 3.71. The maximum absolute atomic E-state index is 12.3. The van der Waals surface area contributed by atoms with Gasteiger partial charge in [-0.25, -0.2) is 4.98 Å². The fraction of sp³-hybridized carbons (Fsp3) is 0.375. The van der Waals surface area contributed by atoms with Crippen molar-refractivity contribution in [2.75, 3.05) is 31.6 Å². The molecule has 1 saturated heterocycles. The number of amides is 1. The molecule has 2 aromatic rings. The molecule has 0 saturated carbocycles. The summed E-state index contributed by atoms with van der Waals surface area (Å²) in [4.78, 5) is 19.0. The number of aromatic hydroxyl groups is 1. The largest absolute Gasteiger partial charge is 0.508 e. The van der Waals surface area contributed by atoms with Crippen molar-refractivity contribution in [3.05, 3.63) is 39.8 Å². The van der Waals surface area contributed by atoms with Gasteiger partial charge < -0.3 is 15.2 Å². The van der Waals surface area contributed by atoms with E-state index in [4.69, 9.17) is 4.74 Å². The van der Waals surface area contributed by atoms with Crippen LogP contribution in [0.3, 0.4) is 0 Å². The highest BCUT2D eigenvalue weighted by molar-refractivity contribution is 7.09. The number of nitrogens with zero attached hydrogens (tertiary/aromatic N) is 2. The van der Waals surface area contributed by atoms with E-state index in [1.165, 1.54) is 11.3 Å². The number of hydrogen-bond donors (Lipinski definition) is 2. The molecule has 122 valence electrons. The van der Waals surface area contributed by atoms with Gasteiger partial charge in [0, 0.05) is 24.2 Å². The molecule has 0 aliphatic carbocycles. The van der Waals surface area contributed by atoms with Gasteiger partial charge in [-0.3, -0.25) is 9.69 Å². The first kappa shape index (κ1) is 15.9. The second kappa shape index (κ2) is 7.08. The SMILES string of the molecule is Cc1cc(O)ccc1NC(=O)c1csc(CN2CCOCC2)n1. The molecule has 1 aliphatic heterocycles. The van der Waals surface area contributed by atoms with Crippen molar-refractivity contribution in [3.8, 4) is 5.75 Å². The lowest BCUT2D eigenvalue weighted by molar-refractivity contribution is 0.0341. The summed E-state index contributed by atoms with van der Waals surface area (Å²) in [6.45, 7) is 5.87. The van der Waals surface area contributed by atoms with Gasteiger partial charge in [-0.2, -0.15) is 0 Å². The maximum atomic E-state index is 12.3. The van der Waals surface area contributed by atoms with Crippen LogP contribution < -0.4 is 5.32 Å². The number of carbonyl (C=O) groups is 1. The average molecular weight is 333 g/mol. The van der Waals surface area contributed by atoms with Crippen LogP contribution in [-0.2, 0) is 11.3 Å². The molecule has 1 amide bonds. The predicted molar refractivity (Wildman–Crippen MR) is 89.0 cm³/mol. The molecule has 2 heterocycles. The van der Waals surface area contributed by atoms with Crippen molar-refractivity contribution in [3.63, 3.8) is 0 Å². The maximum Gasteiger partial charge on any atom is 0.275 e. The van der Waals surface area contributed by atoms with Crippen LogP contribution in [0.25, 0.3) is 0 Å². The molecule has 23 heavy (non-hydrogen) atoms. The minimum Gasteiger partial charge on any atom is -0.508 e. The third kappa shape index (κ3) is 4.07. The van der Waals surface area contributed by atoms with Gasteiger partial charge in [-0.15, -0.1) is 11.3 Å². The number of aryl methyl sites for hydroxylation is 1. The van der Waals surface area contributed by atoms with Crippen molar-refractivity contribution < 1.29 is 14.6 Å². The van der Waals surface area contributed by atoms with Crippen LogP contribution in [0.1, 0.15) is 21.1 Å². The molecule has 6 nitrogen and oxygen atoms in total. The van der Waals surface area contributed by atoms with Gasteiger partial charge >= 0.3 is 0 Å². The third-order valence-corrected chi connectivity index (χ3v) is 4.54. The van der Waals surface area contributed by atoms with E-state index in [1.54, 1.807) is 23.6 Å². The number of carbonyl (C=O) groups excluding carboxylic acids is 1. The molecule has 1 aromatic heterocycles. The van der Waals surface area contributed by atoms with Gasteiger partial charge in [0.1, 0.15) is 16.5 Å². The van der Waals surface area contributed by atoms with Gasteiger partial charge in [0.25, 0.3) is 5.91 Å². The number of aromatic nitrogens is 1. The quantitative estimate of drug-likeness (QED) is 0.840. The predicted octanol–water partition coefficient (Wildman–Crippen LogP) is 2.24. The molecule has 0 radical (unpaired) electrons. The lowest BCUT2D eigenvalue weighted by atomic mass is 10.2. The number of phenolic OH excluding ortho intramolecular Hbond substituents is 1. The molecule has 0 spiro atoms. The Hall–Kier alpha value is -1.96. The number of thiazole rings is 1. The molecule has 1 fully saturated rings. The zero-order valence-corrected chi connectivity index (χ0v) is 13.7. The van der Waals surface area contributed by atoms with E-state index >= 15 is 0 Å². The normalized spacial score (nSPS) is 15.5. The Morgan fingerprint density at radius 3 is 2.96 bits per heavy atom. The molecule has 3 rings (SSSR count).